The van der Waals surface area contributed by atoms with Crippen molar-refractivity contribution in [3.8, 4) is 5.75 Å². The number of hydrogen-bond acceptors (Lipinski definition) is 2. The maximum atomic E-state index is 13.8. The fourth-order valence-corrected chi connectivity index (χ4v) is 1.97. The van der Waals surface area contributed by atoms with Gasteiger partial charge in [0.05, 0.1) is 6.61 Å². The second-order valence-electron chi connectivity index (χ2n) is 4.50. The van der Waals surface area contributed by atoms with Gasteiger partial charge in [0.25, 0.3) is 0 Å². The van der Waals surface area contributed by atoms with Gasteiger partial charge in [-0.15, -0.1) is 0 Å². The molecule has 1 N–H and O–H groups in total. The Kier molecular flexibility index (Phi) is 5.07. The van der Waals surface area contributed by atoms with Crippen LogP contribution in [0.25, 0.3) is 0 Å². The molecular weight excluding hydrogens is 260 g/mol. The topological polar surface area (TPSA) is 21.3 Å². The molecule has 0 bridgehead atoms. The summed E-state index contributed by atoms with van der Waals surface area (Å²) in [5, 5.41) is 2.85. The number of rotatable bonds is 6. The number of benzene rings is 2. The molecule has 0 heterocycles. The first-order chi connectivity index (χ1) is 9.70. The summed E-state index contributed by atoms with van der Waals surface area (Å²) in [6.07, 6.45) is 0.609. The summed E-state index contributed by atoms with van der Waals surface area (Å²) in [5.41, 5.74) is 1.62. The molecule has 0 spiro atoms. The van der Waals surface area contributed by atoms with Gasteiger partial charge in [-0.05, 0) is 30.3 Å². The van der Waals surface area contributed by atoms with Gasteiger partial charge in [0, 0.05) is 13.0 Å². The Labute approximate surface area is 117 Å². The van der Waals surface area contributed by atoms with E-state index in [2.05, 4.69) is 5.32 Å². The number of halogens is 2. The number of hydrogen-bond donors (Lipinski definition) is 1. The van der Waals surface area contributed by atoms with Gasteiger partial charge in [-0.3, -0.25) is 0 Å². The Morgan fingerprint density at radius 2 is 1.65 bits per heavy atom. The molecule has 0 saturated carbocycles. The minimum Gasteiger partial charge on any atom is -0.487 e. The Morgan fingerprint density at radius 1 is 1.00 bits per heavy atom. The van der Waals surface area contributed by atoms with E-state index in [1.165, 1.54) is 12.1 Å². The van der Waals surface area contributed by atoms with Crippen molar-refractivity contribution < 1.29 is 13.5 Å². The second kappa shape index (κ2) is 7.01. The van der Waals surface area contributed by atoms with Crippen LogP contribution in [0, 0.1) is 11.6 Å². The van der Waals surface area contributed by atoms with Crippen molar-refractivity contribution in [1.82, 2.24) is 5.32 Å². The molecule has 4 heteroatoms. The Bertz CT molecular complexity index is 535. The van der Waals surface area contributed by atoms with E-state index in [-0.39, 0.29) is 12.4 Å². The molecule has 0 aromatic heterocycles. The first-order valence-electron chi connectivity index (χ1n) is 6.50. The Hall–Kier alpha value is -1.94. The van der Waals surface area contributed by atoms with Crippen LogP contribution in [0.5, 0.6) is 5.75 Å². The normalized spacial score (nSPS) is 10.6. The van der Waals surface area contributed by atoms with Crippen molar-refractivity contribution in [3.63, 3.8) is 0 Å². The lowest BCUT2D eigenvalue weighted by Crippen LogP contribution is -2.08. The largest absolute Gasteiger partial charge is 0.487 e. The van der Waals surface area contributed by atoms with E-state index in [1.54, 1.807) is 7.05 Å². The van der Waals surface area contributed by atoms with Crippen molar-refractivity contribution >= 4 is 0 Å². The maximum absolute atomic E-state index is 13.8. The summed E-state index contributed by atoms with van der Waals surface area (Å²) >= 11 is 0. The summed E-state index contributed by atoms with van der Waals surface area (Å²) in [4.78, 5) is 0. The van der Waals surface area contributed by atoms with Gasteiger partial charge in [-0.25, -0.2) is 8.78 Å². The molecule has 0 aliphatic rings. The van der Waals surface area contributed by atoms with Gasteiger partial charge in [-0.1, -0.05) is 30.3 Å². The average molecular weight is 277 g/mol. The third-order valence-electron chi connectivity index (χ3n) is 2.92. The van der Waals surface area contributed by atoms with Crippen molar-refractivity contribution in [2.24, 2.45) is 0 Å². The molecule has 106 valence electrons. The predicted octanol–water partition coefficient (Wildman–Crippen LogP) is 3.31. The van der Waals surface area contributed by atoms with Crippen LogP contribution < -0.4 is 10.1 Å². The van der Waals surface area contributed by atoms with Gasteiger partial charge in [0.2, 0.25) is 0 Å². The van der Waals surface area contributed by atoms with Crippen LogP contribution in [-0.2, 0) is 13.0 Å². The molecular formula is C16H17F2NO. The van der Waals surface area contributed by atoms with Gasteiger partial charge < -0.3 is 10.1 Å². The minimum absolute atomic E-state index is 0.239. The van der Waals surface area contributed by atoms with E-state index in [9.17, 15) is 8.78 Å². The Morgan fingerprint density at radius 3 is 2.25 bits per heavy atom. The molecule has 0 fully saturated rings. The average Bonchev–Trinajstić information content (AvgIpc) is 2.43. The smallest absolute Gasteiger partial charge is 0.190 e. The monoisotopic (exact) mass is 277 g/mol. The summed E-state index contributed by atoms with van der Waals surface area (Å²) in [5.74, 6) is -1.63. The molecule has 2 rings (SSSR count). The molecule has 2 nitrogen and oxygen atoms in total. The highest BCUT2D eigenvalue weighted by Crippen LogP contribution is 2.23. The fourth-order valence-electron chi connectivity index (χ4n) is 1.97. The molecule has 0 aliphatic heterocycles. The zero-order valence-electron chi connectivity index (χ0n) is 11.3. The van der Waals surface area contributed by atoms with E-state index in [0.717, 1.165) is 5.56 Å². The van der Waals surface area contributed by atoms with Crippen molar-refractivity contribution in [1.29, 1.82) is 0 Å². The summed E-state index contributed by atoms with van der Waals surface area (Å²) in [7, 11) is 1.72. The van der Waals surface area contributed by atoms with Gasteiger partial charge >= 0.3 is 0 Å². The van der Waals surface area contributed by atoms with E-state index in [4.69, 9.17) is 4.74 Å². The molecule has 0 unspecified atom stereocenters. The van der Waals surface area contributed by atoms with E-state index in [1.807, 2.05) is 30.3 Å². The summed E-state index contributed by atoms with van der Waals surface area (Å²) in [6.45, 7) is 0.654. The third-order valence-corrected chi connectivity index (χ3v) is 2.92. The van der Waals surface area contributed by atoms with E-state index >= 15 is 0 Å². The van der Waals surface area contributed by atoms with Crippen LogP contribution in [0.4, 0.5) is 8.78 Å². The third kappa shape index (κ3) is 3.78. The van der Waals surface area contributed by atoms with Crippen LogP contribution in [0.1, 0.15) is 11.1 Å². The molecule has 20 heavy (non-hydrogen) atoms. The predicted molar refractivity (Wildman–Crippen MR) is 74.8 cm³/mol. The lowest BCUT2D eigenvalue weighted by atomic mass is 10.1. The van der Waals surface area contributed by atoms with Gasteiger partial charge in [0.15, 0.2) is 17.4 Å². The van der Waals surface area contributed by atoms with E-state index in [0.29, 0.717) is 18.5 Å². The number of nitrogens with one attached hydrogen (secondary N) is 1. The highest BCUT2D eigenvalue weighted by molar-refractivity contribution is 5.31. The summed E-state index contributed by atoms with van der Waals surface area (Å²) < 4.78 is 32.8. The highest BCUT2D eigenvalue weighted by atomic mass is 19.1. The van der Waals surface area contributed by atoms with Crippen LogP contribution in [0.15, 0.2) is 42.5 Å². The minimum atomic E-state index is -0.664. The van der Waals surface area contributed by atoms with E-state index < -0.39 is 11.6 Å². The molecule has 0 radical (unpaired) electrons. The zero-order valence-corrected chi connectivity index (χ0v) is 11.3. The SMILES string of the molecule is CNCc1cc(F)c(OCCc2ccccc2)c(F)c1. The Balaban J connectivity index is 1.99. The molecule has 0 aliphatic carbocycles. The molecule has 2 aromatic carbocycles. The zero-order chi connectivity index (χ0) is 14.4. The lowest BCUT2D eigenvalue weighted by Gasteiger charge is -2.10. The second-order valence-corrected chi connectivity index (χ2v) is 4.50. The van der Waals surface area contributed by atoms with Gasteiger partial charge in [-0.2, -0.15) is 0 Å². The van der Waals surface area contributed by atoms with Crippen LogP contribution in [0.3, 0.4) is 0 Å². The number of ether oxygens (including phenoxy) is 1. The fraction of sp³-hybridized carbons (Fsp3) is 0.250. The van der Waals surface area contributed by atoms with Crippen molar-refractivity contribution in [2.75, 3.05) is 13.7 Å². The molecule has 0 amide bonds. The first-order valence-corrected chi connectivity index (χ1v) is 6.50. The maximum Gasteiger partial charge on any atom is 0.190 e. The molecule has 0 atom stereocenters. The standard InChI is InChI=1S/C16H17F2NO/c1-19-11-13-9-14(17)16(15(18)10-13)20-8-7-12-5-3-2-4-6-12/h2-6,9-10,19H,7-8,11H2,1H3. The highest BCUT2D eigenvalue weighted by Gasteiger charge is 2.12. The first kappa shape index (κ1) is 14.5. The van der Waals surface area contributed by atoms with Crippen LogP contribution in [-0.4, -0.2) is 13.7 Å². The van der Waals surface area contributed by atoms with Crippen LogP contribution >= 0.6 is 0 Å². The molecule has 2 aromatic rings. The van der Waals surface area contributed by atoms with Crippen molar-refractivity contribution in [3.05, 3.63) is 65.2 Å². The quantitative estimate of drug-likeness (QED) is 0.874. The van der Waals surface area contributed by atoms with Crippen molar-refractivity contribution in [2.45, 2.75) is 13.0 Å². The van der Waals surface area contributed by atoms with Gasteiger partial charge in [0.1, 0.15) is 0 Å². The van der Waals surface area contributed by atoms with Crippen LogP contribution in [0.2, 0.25) is 0 Å². The summed E-state index contributed by atoms with van der Waals surface area (Å²) in [6, 6.07) is 12.2. The lowest BCUT2D eigenvalue weighted by molar-refractivity contribution is 0.288. The molecule has 0 saturated heterocycles.